The van der Waals surface area contributed by atoms with Crippen LogP contribution in [0.3, 0.4) is 0 Å². The van der Waals surface area contributed by atoms with Gasteiger partial charge in [-0.3, -0.25) is 9.00 Å². The molecule has 1 N–H and O–H groups in total. The van der Waals surface area contributed by atoms with Crippen LogP contribution in [0, 0.1) is 28.6 Å². The Balaban J connectivity index is 1.37. The van der Waals surface area contributed by atoms with E-state index >= 15 is 0 Å². The number of nitrogens with zero attached hydrogens (tertiary/aromatic N) is 1. The summed E-state index contributed by atoms with van der Waals surface area (Å²) in [6.45, 7) is 6.54. The lowest BCUT2D eigenvalue weighted by Gasteiger charge is -2.61. The van der Waals surface area contributed by atoms with Crippen molar-refractivity contribution in [1.82, 2.24) is 0 Å². The van der Waals surface area contributed by atoms with Crippen molar-refractivity contribution in [1.29, 1.82) is 0 Å². The van der Waals surface area contributed by atoms with Gasteiger partial charge >= 0.3 is 0 Å². The summed E-state index contributed by atoms with van der Waals surface area (Å²) in [5.41, 5.74) is 4.11. The quantitative estimate of drug-likeness (QED) is 0.657. The van der Waals surface area contributed by atoms with Crippen LogP contribution in [0.25, 0.3) is 0 Å². The molecule has 7 unspecified atom stereocenters. The number of anilines is 1. The summed E-state index contributed by atoms with van der Waals surface area (Å²) in [5, 5.41) is 11.1. The van der Waals surface area contributed by atoms with Crippen LogP contribution in [-0.4, -0.2) is 45.8 Å². The fraction of sp³-hybridized carbons (Fsp3) is 0.690. The zero-order valence-electron chi connectivity index (χ0n) is 20.7. The minimum atomic E-state index is -0.664. The Morgan fingerprint density at radius 1 is 1.03 bits per heavy atom. The fourth-order valence-corrected chi connectivity index (χ4v) is 9.92. The van der Waals surface area contributed by atoms with Crippen molar-refractivity contribution in [3.05, 3.63) is 41.5 Å². The van der Waals surface area contributed by atoms with E-state index in [0.717, 1.165) is 63.1 Å². The standard InChI is InChI=1S/C29H39NO3S/c1-28-12-11-22(31)17-20(28)5-8-23-25-9-10-26(32)29(25,2)18-24(27(23)28)19-3-6-21(7-4-19)30-13-15-34(33)16-14-30/h3-4,6-7,17,23-27,32H,5,8-16,18H2,1-2H3. The maximum atomic E-state index is 12.3. The van der Waals surface area contributed by atoms with E-state index in [-0.39, 0.29) is 16.9 Å². The van der Waals surface area contributed by atoms with Gasteiger partial charge in [0.15, 0.2) is 5.78 Å². The third-order valence-corrected chi connectivity index (χ3v) is 12.0. The number of rotatable bonds is 2. The molecule has 7 atom stereocenters. The van der Waals surface area contributed by atoms with Crippen molar-refractivity contribution < 1.29 is 14.1 Å². The Morgan fingerprint density at radius 2 is 1.76 bits per heavy atom. The normalized spacial score (nSPS) is 42.6. The van der Waals surface area contributed by atoms with E-state index in [4.69, 9.17) is 0 Å². The Labute approximate surface area is 206 Å². The van der Waals surface area contributed by atoms with E-state index in [1.165, 1.54) is 16.8 Å². The molecule has 1 aromatic carbocycles. The first kappa shape index (κ1) is 23.0. The van der Waals surface area contributed by atoms with Gasteiger partial charge in [0.25, 0.3) is 0 Å². The molecule has 1 aromatic rings. The lowest BCUT2D eigenvalue weighted by atomic mass is 9.44. The summed E-state index contributed by atoms with van der Waals surface area (Å²) in [5.74, 6) is 3.99. The molecule has 184 valence electrons. The molecule has 4 aliphatic carbocycles. The number of carbonyl (C=O) groups excluding carboxylic acids is 1. The summed E-state index contributed by atoms with van der Waals surface area (Å²) in [7, 11) is -0.664. The van der Waals surface area contributed by atoms with E-state index < -0.39 is 10.8 Å². The molecule has 5 heteroatoms. The van der Waals surface area contributed by atoms with Gasteiger partial charge in [0.2, 0.25) is 0 Å². The average molecular weight is 482 g/mol. The van der Waals surface area contributed by atoms with E-state index in [9.17, 15) is 14.1 Å². The largest absolute Gasteiger partial charge is 0.393 e. The lowest BCUT2D eigenvalue weighted by Crippen LogP contribution is -2.54. The molecular formula is C29H39NO3S. The molecule has 0 amide bonds. The highest BCUT2D eigenvalue weighted by Crippen LogP contribution is 2.68. The van der Waals surface area contributed by atoms with E-state index in [2.05, 4.69) is 43.0 Å². The minimum absolute atomic E-state index is 0.0104. The third kappa shape index (κ3) is 3.48. The van der Waals surface area contributed by atoms with Gasteiger partial charge in [-0.05, 0) is 96.8 Å². The van der Waals surface area contributed by atoms with Crippen molar-refractivity contribution >= 4 is 22.3 Å². The Morgan fingerprint density at radius 3 is 2.50 bits per heavy atom. The summed E-state index contributed by atoms with van der Waals surface area (Å²) in [4.78, 5) is 14.7. The molecule has 0 bridgehead atoms. The molecule has 1 saturated heterocycles. The number of aliphatic hydroxyl groups is 1. The van der Waals surface area contributed by atoms with Crippen LogP contribution in [0.2, 0.25) is 0 Å². The van der Waals surface area contributed by atoms with Gasteiger partial charge in [-0.2, -0.15) is 0 Å². The molecule has 5 aliphatic rings. The highest BCUT2D eigenvalue weighted by molar-refractivity contribution is 7.85. The lowest BCUT2D eigenvalue weighted by molar-refractivity contribution is -0.118. The van der Waals surface area contributed by atoms with Crippen molar-refractivity contribution in [2.75, 3.05) is 29.5 Å². The monoisotopic (exact) mass is 481 g/mol. The molecule has 4 nitrogen and oxygen atoms in total. The second kappa shape index (κ2) is 8.30. The smallest absolute Gasteiger partial charge is 0.155 e. The van der Waals surface area contributed by atoms with Gasteiger partial charge < -0.3 is 10.0 Å². The first-order valence-corrected chi connectivity index (χ1v) is 14.9. The predicted octanol–water partition coefficient (Wildman–Crippen LogP) is 4.84. The third-order valence-electron chi connectivity index (χ3n) is 10.7. The molecule has 0 aromatic heterocycles. The van der Waals surface area contributed by atoms with E-state index in [0.29, 0.717) is 35.9 Å². The number of aliphatic hydroxyl groups excluding tert-OH is 1. The number of hydrogen-bond acceptors (Lipinski definition) is 4. The molecule has 6 rings (SSSR count). The van der Waals surface area contributed by atoms with Crippen molar-refractivity contribution in [3.8, 4) is 0 Å². The van der Waals surface area contributed by atoms with Gasteiger partial charge in [0.05, 0.1) is 6.10 Å². The molecule has 4 fully saturated rings. The molecule has 0 spiro atoms. The molecule has 1 aliphatic heterocycles. The first-order valence-electron chi connectivity index (χ1n) is 13.4. The maximum Gasteiger partial charge on any atom is 0.155 e. The SMILES string of the molecule is CC12CCC(=O)C=C1CCC1C2C(c2ccc(N3CCS(=O)CC3)cc2)CC2(C)C(O)CCC12. The Hall–Kier alpha value is -1.46. The summed E-state index contributed by atoms with van der Waals surface area (Å²) in [6.07, 6.45) is 8.78. The zero-order valence-corrected chi connectivity index (χ0v) is 21.5. The van der Waals surface area contributed by atoms with Crippen LogP contribution in [0.1, 0.15) is 70.3 Å². The summed E-state index contributed by atoms with van der Waals surface area (Å²) >= 11 is 0. The maximum absolute atomic E-state index is 12.3. The van der Waals surface area contributed by atoms with Crippen LogP contribution in [-0.2, 0) is 15.6 Å². The number of fused-ring (bicyclic) bond motifs is 5. The van der Waals surface area contributed by atoms with Gasteiger partial charge in [-0.25, -0.2) is 0 Å². The highest BCUT2D eigenvalue weighted by atomic mass is 32.2. The topological polar surface area (TPSA) is 57.6 Å². The zero-order chi connectivity index (χ0) is 23.7. The fourth-order valence-electron chi connectivity index (χ4n) is 8.87. The molecule has 34 heavy (non-hydrogen) atoms. The molecule has 0 radical (unpaired) electrons. The Bertz CT molecular complexity index is 1020. The van der Waals surface area contributed by atoms with Crippen LogP contribution < -0.4 is 4.90 Å². The van der Waals surface area contributed by atoms with Gasteiger partial charge in [-0.15, -0.1) is 0 Å². The minimum Gasteiger partial charge on any atom is -0.393 e. The van der Waals surface area contributed by atoms with Crippen LogP contribution in [0.15, 0.2) is 35.9 Å². The first-order chi connectivity index (χ1) is 16.3. The van der Waals surface area contributed by atoms with Crippen molar-refractivity contribution in [3.63, 3.8) is 0 Å². The van der Waals surface area contributed by atoms with Crippen LogP contribution in [0.5, 0.6) is 0 Å². The number of allylic oxidation sites excluding steroid dienone is 1. The predicted molar refractivity (Wildman–Crippen MR) is 137 cm³/mol. The highest BCUT2D eigenvalue weighted by Gasteiger charge is 2.62. The number of hydrogen-bond donors (Lipinski definition) is 1. The average Bonchev–Trinajstić information content (AvgIpc) is 3.14. The second-order valence-electron chi connectivity index (χ2n) is 12.2. The molecule has 1 heterocycles. The Kier molecular flexibility index (Phi) is 5.61. The van der Waals surface area contributed by atoms with Crippen LogP contribution in [0.4, 0.5) is 5.69 Å². The van der Waals surface area contributed by atoms with Crippen molar-refractivity contribution in [2.24, 2.45) is 28.6 Å². The number of benzene rings is 1. The summed E-state index contributed by atoms with van der Waals surface area (Å²) in [6, 6.07) is 9.21. The van der Waals surface area contributed by atoms with E-state index in [1.54, 1.807) is 0 Å². The van der Waals surface area contributed by atoms with Gasteiger partial charge in [0, 0.05) is 47.5 Å². The molecule has 3 saturated carbocycles. The van der Waals surface area contributed by atoms with Crippen molar-refractivity contribution in [2.45, 2.75) is 70.8 Å². The van der Waals surface area contributed by atoms with E-state index in [1.807, 2.05) is 6.08 Å². The second-order valence-corrected chi connectivity index (χ2v) is 13.9. The molecular weight excluding hydrogens is 442 g/mol. The van der Waals surface area contributed by atoms with Gasteiger partial charge in [-0.1, -0.05) is 31.6 Å². The van der Waals surface area contributed by atoms with Crippen LogP contribution >= 0.6 is 0 Å². The summed E-state index contributed by atoms with van der Waals surface area (Å²) < 4.78 is 11.8. The van der Waals surface area contributed by atoms with Gasteiger partial charge in [0.1, 0.15) is 0 Å². The number of carbonyl (C=O) groups is 1. The number of ketones is 1.